The maximum atomic E-state index is 12.0. The number of nitrogens with zero attached hydrogens (tertiary/aromatic N) is 3. The summed E-state index contributed by atoms with van der Waals surface area (Å²) in [4.78, 5) is 2.43. The average molecular weight is 356 g/mol. The molecule has 1 N–H and O–H groups in total. The molecule has 1 unspecified atom stereocenters. The van der Waals surface area contributed by atoms with Gasteiger partial charge in [-0.3, -0.25) is 9.58 Å². The van der Waals surface area contributed by atoms with Crippen molar-refractivity contribution in [3.8, 4) is 0 Å². The Bertz CT molecular complexity index is 650. The summed E-state index contributed by atoms with van der Waals surface area (Å²) in [5, 5.41) is 4.22. The highest BCUT2D eigenvalue weighted by molar-refractivity contribution is 7.89. The Morgan fingerprint density at radius 2 is 2.12 bits per heavy atom. The third-order valence-corrected chi connectivity index (χ3v) is 6.89. The van der Waals surface area contributed by atoms with E-state index in [9.17, 15) is 8.42 Å². The van der Waals surface area contributed by atoms with E-state index in [2.05, 4.69) is 20.9 Å². The summed E-state index contributed by atoms with van der Waals surface area (Å²) in [6, 6.07) is -0.100. The van der Waals surface area contributed by atoms with E-state index >= 15 is 0 Å². The first-order chi connectivity index (χ1) is 11.4. The molecule has 2 aliphatic heterocycles. The van der Waals surface area contributed by atoms with Crippen LogP contribution in [0.3, 0.4) is 0 Å². The van der Waals surface area contributed by atoms with Crippen molar-refractivity contribution in [3.63, 3.8) is 0 Å². The van der Waals surface area contributed by atoms with Crippen LogP contribution in [0.25, 0.3) is 0 Å². The zero-order valence-corrected chi connectivity index (χ0v) is 15.4. The van der Waals surface area contributed by atoms with E-state index in [1.54, 1.807) is 6.92 Å². The molecule has 8 heteroatoms. The predicted molar refractivity (Wildman–Crippen MR) is 92.0 cm³/mol. The van der Waals surface area contributed by atoms with Gasteiger partial charge in [-0.05, 0) is 44.7 Å². The normalized spacial score (nSPS) is 25.2. The molecule has 2 aliphatic rings. The standard InChI is InChI=1S/C16H28N4O3S/c1-3-24(21,22)18-15-13-23-9-6-16(15)4-7-20(8-5-16)12-14-10-17-19(2)11-14/h10-11,15,18H,3-9,12-13H2,1-2H3. The predicted octanol–water partition coefficient (Wildman–Crippen LogP) is 0.731. The summed E-state index contributed by atoms with van der Waals surface area (Å²) < 4.78 is 34.3. The highest BCUT2D eigenvalue weighted by Crippen LogP contribution is 2.41. The van der Waals surface area contributed by atoms with E-state index in [1.807, 2.05) is 17.9 Å². The smallest absolute Gasteiger partial charge is 0.211 e. The molecule has 0 saturated carbocycles. The number of ether oxygens (including phenoxy) is 1. The molecule has 1 spiro atoms. The van der Waals surface area contributed by atoms with Crippen molar-refractivity contribution in [1.82, 2.24) is 19.4 Å². The molecule has 1 atom stereocenters. The summed E-state index contributed by atoms with van der Waals surface area (Å²) in [6.45, 7) is 5.77. The quantitative estimate of drug-likeness (QED) is 0.842. The molecule has 3 heterocycles. The van der Waals surface area contributed by atoms with Crippen LogP contribution in [0, 0.1) is 5.41 Å². The van der Waals surface area contributed by atoms with Gasteiger partial charge in [0.05, 0.1) is 24.6 Å². The minimum absolute atomic E-state index is 0.0337. The van der Waals surface area contributed by atoms with Crippen LogP contribution in [0.4, 0.5) is 0 Å². The van der Waals surface area contributed by atoms with E-state index < -0.39 is 10.0 Å². The van der Waals surface area contributed by atoms with Crippen LogP contribution >= 0.6 is 0 Å². The van der Waals surface area contributed by atoms with E-state index in [1.165, 1.54) is 5.56 Å². The number of hydrogen-bond acceptors (Lipinski definition) is 5. The molecular formula is C16H28N4O3S. The molecule has 1 aromatic heterocycles. The molecule has 2 fully saturated rings. The first-order valence-electron chi connectivity index (χ1n) is 8.70. The fraction of sp³-hybridized carbons (Fsp3) is 0.812. The molecule has 1 aromatic rings. The Morgan fingerprint density at radius 3 is 2.75 bits per heavy atom. The molecule has 136 valence electrons. The minimum Gasteiger partial charge on any atom is -0.380 e. The second kappa shape index (κ2) is 7.11. The molecule has 0 aliphatic carbocycles. The van der Waals surface area contributed by atoms with Crippen LogP contribution in [-0.2, 0) is 28.4 Å². The Hall–Kier alpha value is -0.960. The van der Waals surface area contributed by atoms with Crippen LogP contribution in [-0.4, -0.2) is 61.2 Å². The lowest BCUT2D eigenvalue weighted by atomic mass is 9.69. The van der Waals surface area contributed by atoms with Crippen LogP contribution in [0.5, 0.6) is 0 Å². The molecule has 7 nitrogen and oxygen atoms in total. The number of aromatic nitrogens is 2. The Morgan fingerprint density at radius 1 is 1.38 bits per heavy atom. The van der Waals surface area contributed by atoms with Crippen molar-refractivity contribution in [2.45, 2.75) is 38.8 Å². The fourth-order valence-corrected chi connectivity index (χ4v) is 4.77. The van der Waals surface area contributed by atoms with E-state index in [0.717, 1.165) is 45.5 Å². The van der Waals surface area contributed by atoms with Gasteiger partial charge in [-0.25, -0.2) is 13.1 Å². The number of sulfonamides is 1. The van der Waals surface area contributed by atoms with Crippen LogP contribution in [0.15, 0.2) is 12.4 Å². The lowest BCUT2D eigenvalue weighted by Crippen LogP contribution is -2.57. The fourth-order valence-electron chi connectivity index (χ4n) is 3.85. The number of rotatable bonds is 5. The Kier molecular flexibility index (Phi) is 5.29. The van der Waals surface area contributed by atoms with Crippen molar-refractivity contribution in [2.24, 2.45) is 12.5 Å². The lowest BCUT2D eigenvalue weighted by molar-refractivity contribution is -0.0445. The number of nitrogens with one attached hydrogen (secondary N) is 1. The summed E-state index contributed by atoms with van der Waals surface area (Å²) in [5.41, 5.74) is 1.26. The van der Waals surface area contributed by atoms with E-state index in [0.29, 0.717) is 6.61 Å². The highest BCUT2D eigenvalue weighted by atomic mass is 32.2. The second-order valence-corrected chi connectivity index (χ2v) is 9.10. The van der Waals surface area contributed by atoms with E-state index in [-0.39, 0.29) is 17.2 Å². The van der Waals surface area contributed by atoms with Gasteiger partial charge in [0.1, 0.15) is 0 Å². The maximum Gasteiger partial charge on any atom is 0.211 e. The highest BCUT2D eigenvalue weighted by Gasteiger charge is 2.44. The van der Waals surface area contributed by atoms with Crippen LogP contribution in [0.1, 0.15) is 31.7 Å². The number of aryl methyl sites for hydroxylation is 1. The average Bonchev–Trinajstić information content (AvgIpc) is 2.97. The molecule has 2 saturated heterocycles. The van der Waals surface area contributed by atoms with Crippen molar-refractivity contribution >= 4 is 10.0 Å². The molecule has 0 amide bonds. The van der Waals surface area contributed by atoms with Gasteiger partial charge in [-0.2, -0.15) is 5.10 Å². The SMILES string of the molecule is CCS(=O)(=O)NC1COCCC12CCN(Cc1cnn(C)c1)CC2. The molecular weight excluding hydrogens is 328 g/mol. The number of piperidine rings is 1. The molecule has 0 aromatic carbocycles. The zero-order chi connectivity index (χ0) is 17.2. The third-order valence-electron chi connectivity index (χ3n) is 5.49. The van der Waals surface area contributed by atoms with Crippen LogP contribution < -0.4 is 4.72 Å². The van der Waals surface area contributed by atoms with Gasteiger partial charge in [0, 0.05) is 32.0 Å². The Labute approximate surface area is 144 Å². The first-order valence-corrected chi connectivity index (χ1v) is 10.4. The molecule has 3 rings (SSSR count). The van der Waals surface area contributed by atoms with Crippen molar-refractivity contribution in [1.29, 1.82) is 0 Å². The molecule has 0 bridgehead atoms. The maximum absolute atomic E-state index is 12.0. The second-order valence-electron chi connectivity index (χ2n) is 7.06. The number of hydrogen-bond donors (Lipinski definition) is 1. The van der Waals surface area contributed by atoms with Gasteiger partial charge < -0.3 is 4.74 Å². The largest absolute Gasteiger partial charge is 0.380 e. The summed E-state index contributed by atoms with van der Waals surface area (Å²) in [6.07, 6.45) is 6.92. The minimum atomic E-state index is -3.21. The van der Waals surface area contributed by atoms with Gasteiger partial charge in [0.2, 0.25) is 10.0 Å². The van der Waals surface area contributed by atoms with Crippen molar-refractivity contribution in [2.75, 3.05) is 32.1 Å². The van der Waals surface area contributed by atoms with Crippen LogP contribution in [0.2, 0.25) is 0 Å². The van der Waals surface area contributed by atoms with E-state index in [4.69, 9.17) is 4.74 Å². The van der Waals surface area contributed by atoms with Gasteiger partial charge >= 0.3 is 0 Å². The lowest BCUT2D eigenvalue weighted by Gasteiger charge is -2.49. The molecule has 24 heavy (non-hydrogen) atoms. The summed E-state index contributed by atoms with van der Waals surface area (Å²) >= 11 is 0. The van der Waals surface area contributed by atoms with Gasteiger partial charge in [0.15, 0.2) is 0 Å². The summed E-state index contributed by atoms with van der Waals surface area (Å²) in [7, 11) is -1.28. The van der Waals surface area contributed by atoms with Gasteiger partial charge in [-0.1, -0.05) is 0 Å². The van der Waals surface area contributed by atoms with Gasteiger partial charge in [-0.15, -0.1) is 0 Å². The van der Waals surface area contributed by atoms with Gasteiger partial charge in [0.25, 0.3) is 0 Å². The Balaban J connectivity index is 1.63. The topological polar surface area (TPSA) is 76.5 Å². The molecule has 0 radical (unpaired) electrons. The van der Waals surface area contributed by atoms with Crippen molar-refractivity contribution < 1.29 is 13.2 Å². The number of likely N-dealkylation sites (tertiary alicyclic amines) is 1. The third kappa shape index (κ3) is 3.99. The monoisotopic (exact) mass is 356 g/mol. The summed E-state index contributed by atoms with van der Waals surface area (Å²) in [5.74, 6) is 0.118. The first kappa shape index (κ1) is 17.8. The van der Waals surface area contributed by atoms with Crippen molar-refractivity contribution in [3.05, 3.63) is 18.0 Å². The zero-order valence-electron chi connectivity index (χ0n) is 14.6.